The van der Waals surface area contributed by atoms with Gasteiger partial charge in [0.05, 0.1) is 23.6 Å². The molecule has 6 nitrogen and oxygen atoms in total. The van der Waals surface area contributed by atoms with Crippen LogP contribution < -0.4 is 10.6 Å². The molecular weight excluding hydrogens is 400 g/mol. The molecule has 0 saturated heterocycles. The Kier molecular flexibility index (Phi) is 7.19. The molecule has 0 bridgehead atoms. The maximum Gasteiger partial charge on any atom is 0.239 e. The summed E-state index contributed by atoms with van der Waals surface area (Å²) < 4.78 is 24.4. The van der Waals surface area contributed by atoms with Crippen LogP contribution in [0.4, 0.5) is 0 Å². The van der Waals surface area contributed by atoms with Gasteiger partial charge in [0.1, 0.15) is 0 Å². The van der Waals surface area contributed by atoms with E-state index in [0.29, 0.717) is 6.42 Å². The monoisotopic (exact) mass is 424 g/mol. The van der Waals surface area contributed by atoms with E-state index >= 15 is 0 Å². The van der Waals surface area contributed by atoms with Crippen LogP contribution >= 0.6 is 0 Å². The fraction of sp³-hybridized carbons (Fsp3) is 0.217. The predicted octanol–water partition coefficient (Wildman–Crippen LogP) is 2.48. The molecule has 0 aromatic heterocycles. The number of sulfone groups is 1. The average Bonchev–Trinajstić information content (AvgIpc) is 2.76. The van der Waals surface area contributed by atoms with Crippen LogP contribution in [0, 0.1) is 0 Å². The summed E-state index contributed by atoms with van der Waals surface area (Å²) in [7, 11) is -3.36. The quantitative estimate of drug-likeness (QED) is 0.516. The minimum Gasteiger partial charge on any atom is -0.355 e. The third-order valence-corrected chi connectivity index (χ3v) is 6.51. The molecule has 0 unspecified atom stereocenters. The van der Waals surface area contributed by atoms with E-state index in [9.17, 15) is 18.0 Å². The Bertz CT molecular complexity index is 1120. The highest BCUT2D eigenvalue weighted by Crippen LogP contribution is 2.18. The number of nitrogens with one attached hydrogen (secondary N) is 2. The van der Waals surface area contributed by atoms with Crippen LogP contribution in [-0.2, 0) is 25.8 Å². The van der Waals surface area contributed by atoms with Crippen molar-refractivity contribution in [2.75, 3.05) is 18.8 Å². The van der Waals surface area contributed by atoms with Crippen molar-refractivity contribution in [1.82, 2.24) is 10.6 Å². The van der Waals surface area contributed by atoms with Crippen LogP contribution in [0.5, 0.6) is 0 Å². The number of carbonyl (C=O) groups excluding carboxylic acids is 2. The number of carbonyl (C=O) groups is 2. The first-order valence-electron chi connectivity index (χ1n) is 9.73. The number of hydrogen-bond donors (Lipinski definition) is 2. The van der Waals surface area contributed by atoms with Gasteiger partial charge in [-0.05, 0) is 34.9 Å². The second kappa shape index (κ2) is 10.0. The third kappa shape index (κ3) is 5.90. The number of amides is 2. The summed E-state index contributed by atoms with van der Waals surface area (Å²) in [5.74, 6) is -0.642. The summed E-state index contributed by atoms with van der Waals surface area (Å²) in [5.41, 5.74) is 0.900. The zero-order chi connectivity index (χ0) is 21.4. The molecule has 0 spiro atoms. The van der Waals surface area contributed by atoms with Gasteiger partial charge in [-0.25, -0.2) is 8.42 Å². The number of hydrogen-bond acceptors (Lipinski definition) is 4. The fourth-order valence-corrected chi connectivity index (χ4v) is 4.49. The SMILES string of the molecule is O=C(CNC(=O)Cc1cccc2ccccc12)NCCCS(=O)(=O)c1ccccc1. The normalized spacial score (nSPS) is 11.2. The largest absolute Gasteiger partial charge is 0.355 e. The molecule has 2 N–H and O–H groups in total. The van der Waals surface area contributed by atoms with Gasteiger partial charge in [0.15, 0.2) is 9.84 Å². The van der Waals surface area contributed by atoms with Gasteiger partial charge in [0, 0.05) is 6.54 Å². The molecule has 0 aliphatic rings. The molecule has 0 fully saturated rings. The third-order valence-electron chi connectivity index (χ3n) is 4.69. The van der Waals surface area contributed by atoms with Crippen molar-refractivity contribution in [1.29, 1.82) is 0 Å². The first-order chi connectivity index (χ1) is 14.5. The van der Waals surface area contributed by atoms with Crippen LogP contribution in [-0.4, -0.2) is 39.1 Å². The van der Waals surface area contributed by atoms with Gasteiger partial charge in [-0.15, -0.1) is 0 Å². The Labute approximate surface area is 176 Å². The summed E-state index contributed by atoms with van der Waals surface area (Å²) in [5, 5.41) is 7.32. The first kappa shape index (κ1) is 21.5. The molecule has 7 heteroatoms. The highest BCUT2D eigenvalue weighted by atomic mass is 32.2. The maximum absolute atomic E-state index is 12.2. The van der Waals surface area contributed by atoms with Crippen molar-refractivity contribution < 1.29 is 18.0 Å². The van der Waals surface area contributed by atoms with E-state index in [4.69, 9.17) is 0 Å². The van der Waals surface area contributed by atoms with Gasteiger partial charge in [-0.3, -0.25) is 9.59 Å². The van der Waals surface area contributed by atoms with Crippen molar-refractivity contribution >= 4 is 32.4 Å². The van der Waals surface area contributed by atoms with E-state index < -0.39 is 9.84 Å². The van der Waals surface area contributed by atoms with Crippen molar-refractivity contribution in [2.45, 2.75) is 17.7 Å². The smallest absolute Gasteiger partial charge is 0.239 e. The highest BCUT2D eigenvalue weighted by Gasteiger charge is 2.13. The molecule has 0 aliphatic heterocycles. The lowest BCUT2D eigenvalue weighted by atomic mass is 10.0. The molecule has 0 saturated carbocycles. The minimum atomic E-state index is -3.36. The molecule has 3 aromatic carbocycles. The lowest BCUT2D eigenvalue weighted by Crippen LogP contribution is -2.38. The van der Waals surface area contributed by atoms with Gasteiger partial charge in [0.2, 0.25) is 11.8 Å². The lowest BCUT2D eigenvalue weighted by molar-refractivity contribution is -0.125. The predicted molar refractivity (Wildman–Crippen MR) is 117 cm³/mol. The van der Waals surface area contributed by atoms with Crippen LogP contribution in [0.2, 0.25) is 0 Å². The lowest BCUT2D eigenvalue weighted by Gasteiger charge is -2.09. The van der Waals surface area contributed by atoms with Crippen LogP contribution in [0.1, 0.15) is 12.0 Å². The molecule has 0 heterocycles. The summed E-state index contributed by atoms with van der Waals surface area (Å²) >= 11 is 0. The Morgan fingerprint density at radius 1 is 0.767 bits per heavy atom. The molecule has 3 aromatic rings. The minimum absolute atomic E-state index is 0.0509. The van der Waals surface area contributed by atoms with Crippen molar-refractivity contribution in [3.05, 3.63) is 78.4 Å². The van der Waals surface area contributed by atoms with E-state index in [1.807, 2.05) is 42.5 Å². The first-order valence-corrected chi connectivity index (χ1v) is 11.4. The molecule has 2 amide bonds. The topological polar surface area (TPSA) is 92.3 Å². The molecule has 0 atom stereocenters. The summed E-state index contributed by atoms with van der Waals surface area (Å²) in [6.07, 6.45) is 0.483. The van der Waals surface area contributed by atoms with Crippen LogP contribution in [0.25, 0.3) is 10.8 Å². The van der Waals surface area contributed by atoms with E-state index in [1.165, 1.54) is 0 Å². The highest BCUT2D eigenvalue weighted by molar-refractivity contribution is 7.91. The number of benzene rings is 3. The van der Waals surface area contributed by atoms with Gasteiger partial charge in [-0.2, -0.15) is 0 Å². The van der Waals surface area contributed by atoms with E-state index in [1.54, 1.807) is 30.3 Å². The van der Waals surface area contributed by atoms with Crippen LogP contribution in [0.15, 0.2) is 77.7 Å². The molecule has 30 heavy (non-hydrogen) atoms. The fourth-order valence-electron chi connectivity index (χ4n) is 3.16. The average molecular weight is 425 g/mol. The van der Waals surface area contributed by atoms with Crippen LogP contribution in [0.3, 0.4) is 0 Å². The van der Waals surface area contributed by atoms with Crippen molar-refractivity contribution in [2.24, 2.45) is 0 Å². The molecule has 0 radical (unpaired) electrons. The van der Waals surface area contributed by atoms with Gasteiger partial charge in [0.25, 0.3) is 0 Å². The molecular formula is C23H24N2O4S. The zero-order valence-electron chi connectivity index (χ0n) is 16.5. The standard InChI is InChI=1S/C23H24N2O4S/c26-22(16-19-10-6-9-18-8-4-5-13-21(18)19)25-17-23(27)24-14-7-15-30(28,29)20-11-2-1-3-12-20/h1-6,8-13H,7,14-17H2,(H,24,27)(H,25,26). The molecule has 156 valence electrons. The van der Waals surface area contributed by atoms with Crippen molar-refractivity contribution in [3.63, 3.8) is 0 Å². The Balaban J connectivity index is 1.40. The number of rotatable bonds is 9. The van der Waals surface area contributed by atoms with Gasteiger partial charge >= 0.3 is 0 Å². The summed E-state index contributed by atoms with van der Waals surface area (Å²) in [6.45, 7) is 0.0825. The van der Waals surface area contributed by atoms with E-state index in [-0.39, 0.29) is 42.0 Å². The Hall–Kier alpha value is -3.19. The Morgan fingerprint density at radius 3 is 2.27 bits per heavy atom. The Morgan fingerprint density at radius 2 is 1.47 bits per heavy atom. The second-order valence-corrected chi connectivity index (χ2v) is 9.04. The van der Waals surface area contributed by atoms with Gasteiger partial charge in [-0.1, -0.05) is 60.7 Å². The number of fused-ring (bicyclic) bond motifs is 1. The maximum atomic E-state index is 12.2. The van der Waals surface area contributed by atoms with E-state index in [0.717, 1.165) is 16.3 Å². The molecule has 0 aliphatic carbocycles. The van der Waals surface area contributed by atoms with E-state index in [2.05, 4.69) is 10.6 Å². The summed E-state index contributed by atoms with van der Waals surface area (Å²) in [4.78, 5) is 24.4. The van der Waals surface area contributed by atoms with Gasteiger partial charge < -0.3 is 10.6 Å². The second-order valence-electron chi connectivity index (χ2n) is 6.93. The summed E-state index contributed by atoms with van der Waals surface area (Å²) in [6, 6.07) is 21.8. The zero-order valence-corrected chi connectivity index (χ0v) is 17.3. The van der Waals surface area contributed by atoms with Crippen molar-refractivity contribution in [3.8, 4) is 0 Å². The molecule has 3 rings (SSSR count).